The van der Waals surface area contributed by atoms with Crippen molar-refractivity contribution in [2.45, 2.75) is 33.7 Å². The van der Waals surface area contributed by atoms with Crippen LogP contribution in [0.5, 0.6) is 5.75 Å². The van der Waals surface area contributed by atoms with Crippen LogP contribution in [0.15, 0.2) is 42.5 Å². The summed E-state index contributed by atoms with van der Waals surface area (Å²) in [4.78, 5) is 0. The second kappa shape index (κ2) is 6.99. The summed E-state index contributed by atoms with van der Waals surface area (Å²) >= 11 is 0. The number of benzene rings is 2. The number of aryl methyl sites for hydroxylation is 2. The molecule has 0 bridgehead atoms. The van der Waals surface area contributed by atoms with Crippen molar-refractivity contribution in [3.05, 3.63) is 59.2 Å². The molecule has 0 saturated carbocycles. The molecule has 2 aromatic carbocycles. The lowest BCUT2D eigenvalue weighted by Gasteiger charge is -2.11. The van der Waals surface area contributed by atoms with E-state index in [1.807, 2.05) is 12.1 Å². The van der Waals surface area contributed by atoms with Gasteiger partial charge in [-0.2, -0.15) is 0 Å². The van der Waals surface area contributed by atoms with Gasteiger partial charge in [0.1, 0.15) is 5.75 Å². The van der Waals surface area contributed by atoms with Gasteiger partial charge >= 0.3 is 0 Å². The SMILES string of the molecule is CCCOc1cccc(NCc2ccc(C)cc2C)c1. The fourth-order valence-corrected chi connectivity index (χ4v) is 2.16. The zero-order valence-electron chi connectivity index (χ0n) is 12.6. The highest BCUT2D eigenvalue weighted by molar-refractivity contribution is 5.49. The van der Waals surface area contributed by atoms with Gasteiger partial charge in [-0.1, -0.05) is 36.8 Å². The standard InChI is InChI=1S/C18H23NO/c1-4-10-20-18-7-5-6-17(12-18)19-13-16-9-8-14(2)11-15(16)3/h5-9,11-12,19H,4,10,13H2,1-3H3. The summed E-state index contributed by atoms with van der Waals surface area (Å²) < 4.78 is 5.65. The first-order valence-electron chi connectivity index (χ1n) is 7.22. The van der Waals surface area contributed by atoms with Crippen molar-refractivity contribution >= 4 is 5.69 Å². The molecule has 0 saturated heterocycles. The number of hydrogen-bond donors (Lipinski definition) is 1. The van der Waals surface area contributed by atoms with Gasteiger partial charge in [-0.05, 0) is 43.5 Å². The van der Waals surface area contributed by atoms with E-state index >= 15 is 0 Å². The highest BCUT2D eigenvalue weighted by Crippen LogP contribution is 2.19. The van der Waals surface area contributed by atoms with Crippen LogP contribution >= 0.6 is 0 Å². The van der Waals surface area contributed by atoms with E-state index in [9.17, 15) is 0 Å². The molecule has 2 rings (SSSR count). The van der Waals surface area contributed by atoms with Gasteiger partial charge in [-0.3, -0.25) is 0 Å². The van der Waals surface area contributed by atoms with Gasteiger partial charge in [0.05, 0.1) is 6.61 Å². The molecule has 0 aliphatic rings. The molecule has 2 heteroatoms. The van der Waals surface area contributed by atoms with E-state index in [1.165, 1.54) is 16.7 Å². The van der Waals surface area contributed by atoms with Crippen molar-refractivity contribution in [1.82, 2.24) is 0 Å². The van der Waals surface area contributed by atoms with Gasteiger partial charge in [0.2, 0.25) is 0 Å². The molecule has 106 valence electrons. The van der Waals surface area contributed by atoms with E-state index in [4.69, 9.17) is 4.74 Å². The van der Waals surface area contributed by atoms with Crippen LogP contribution in [-0.4, -0.2) is 6.61 Å². The van der Waals surface area contributed by atoms with Crippen LogP contribution < -0.4 is 10.1 Å². The third-order valence-corrected chi connectivity index (χ3v) is 3.29. The van der Waals surface area contributed by atoms with Gasteiger partial charge in [-0.15, -0.1) is 0 Å². The maximum absolute atomic E-state index is 5.65. The highest BCUT2D eigenvalue weighted by atomic mass is 16.5. The van der Waals surface area contributed by atoms with Crippen LogP contribution in [0.2, 0.25) is 0 Å². The molecule has 0 unspecified atom stereocenters. The molecule has 0 radical (unpaired) electrons. The van der Waals surface area contributed by atoms with E-state index in [1.54, 1.807) is 0 Å². The molecule has 0 spiro atoms. The Morgan fingerprint density at radius 1 is 1.05 bits per heavy atom. The lowest BCUT2D eigenvalue weighted by atomic mass is 10.1. The lowest BCUT2D eigenvalue weighted by molar-refractivity contribution is 0.317. The van der Waals surface area contributed by atoms with Crippen molar-refractivity contribution < 1.29 is 4.74 Å². The zero-order chi connectivity index (χ0) is 14.4. The summed E-state index contributed by atoms with van der Waals surface area (Å²) in [6.07, 6.45) is 1.03. The highest BCUT2D eigenvalue weighted by Gasteiger charge is 2.00. The number of anilines is 1. The van der Waals surface area contributed by atoms with Crippen LogP contribution in [0.4, 0.5) is 5.69 Å². The second-order valence-electron chi connectivity index (χ2n) is 5.16. The van der Waals surface area contributed by atoms with Gasteiger partial charge in [0, 0.05) is 18.3 Å². The van der Waals surface area contributed by atoms with Gasteiger partial charge < -0.3 is 10.1 Å². The lowest BCUT2D eigenvalue weighted by Crippen LogP contribution is -2.02. The summed E-state index contributed by atoms with van der Waals surface area (Å²) in [5, 5.41) is 3.46. The smallest absolute Gasteiger partial charge is 0.121 e. The first-order chi connectivity index (χ1) is 9.69. The summed E-state index contributed by atoms with van der Waals surface area (Å²) in [7, 11) is 0. The maximum Gasteiger partial charge on any atom is 0.121 e. The Labute approximate surface area is 121 Å². The van der Waals surface area contributed by atoms with Gasteiger partial charge in [-0.25, -0.2) is 0 Å². The molecule has 20 heavy (non-hydrogen) atoms. The Bertz CT molecular complexity index is 563. The monoisotopic (exact) mass is 269 g/mol. The summed E-state index contributed by atoms with van der Waals surface area (Å²) in [6, 6.07) is 14.7. The fraction of sp³-hybridized carbons (Fsp3) is 0.333. The zero-order valence-corrected chi connectivity index (χ0v) is 12.6. The van der Waals surface area contributed by atoms with Crippen LogP contribution in [0, 0.1) is 13.8 Å². The van der Waals surface area contributed by atoms with E-state index < -0.39 is 0 Å². The molecule has 0 aliphatic carbocycles. The van der Waals surface area contributed by atoms with Crippen LogP contribution in [-0.2, 0) is 6.54 Å². The van der Waals surface area contributed by atoms with Crippen molar-refractivity contribution in [2.75, 3.05) is 11.9 Å². The Hall–Kier alpha value is -1.96. The number of nitrogens with one attached hydrogen (secondary N) is 1. The molecule has 2 aromatic rings. The van der Waals surface area contributed by atoms with E-state index in [0.29, 0.717) is 0 Å². The van der Waals surface area contributed by atoms with Gasteiger partial charge in [0.25, 0.3) is 0 Å². The normalized spacial score (nSPS) is 10.3. The fourth-order valence-electron chi connectivity index (χ4n) is 2.16. The molecule has 0 aromatic heterocycles. The Kier molecular flexibility index (Phi) is 5.05. The van der Waals surface area contributed by atoms with Crippen LogP contribution in [0.1, 0.15) is 30.0 Å². The average Bonchev–Trinajstić information content (AvgIpc) is 2.45. The molecule has 0 atom stereocenters. The minimum absolute atomic E-state index is 0.764. The number of ether oxygens (including phenoxy) is 1. The molecular formula is C18H23NO. The molecule has 0 aliphatic heterocycles. The average molecular weight is 269 g/mol. The quantitative estimate of drug-likeness (QED) is 0.820. The van der Waals surface area contributed by atoms with Crippen LogP contribution in [0.25, 0.3) is 0 Å². The third-order valence-electron chi connectivity index (χ3n) is 3.29. The summed E-state index contributed by atoms with van der Waals surface area (Å²) in [5.41, 5.74) is 5.06. The maximum atomic E-state index is 5.65. The van der Waals surface area contributed by atoms with Crippen LogP contribution in [0.3, 0.4) is 0 Å². The van der Waals surface area contributed by atoms with Crippen molar-refractivity contribution in [3.8, 4) is 5.75 Å². The molecule has 0 amide bonds. The van der Waals surface area contributed by atoms with Crippen molar-refractivity contribution in [3.63, 3.8) is 0 Å². The molecule has 1 N–H and O–H groups in total. The van der Waals surface area contributed by atoms with Gasteiger partial charge in [0.15, 0.2) is 0 Å². The van der Waals surface area contributed by atoms with E-state index in [-0.39, 0.29) is 0 Å². The predicted molar refractivity (Wildman–Crippen MR) is 85.5 cm³/mol. The van der Waals surface area contributed by atoms with E-state index in [0.717, 1.165) is 31.0 Å². The first-order valence-corrected chi connectivity index (χ1v) is 7.22. The number of rotatable bonds is 6. The Balaban J connectivity index is 1.99. The molecular weight excluding hydrogens is 246 g/mol. The largest absolute Gasteiger partial charge is 0.494 e. The topological polar surface area (TPSA) is 21.3 Å². The molecule has 0 heterocycles. The first kappa shape index (κ1) is 14.4. The molecule has 0 fully saturated rings. The summed E-state index contributed by atoms with van der Waals surface area (Å²) in [5.74, 6) is 0.928. The minimum atomic E-state index is 0.764. The minimum Gasteiger partial charge on any atom is -0.494 e. The Morgan fingerprint density at radius 2 is 1.90 bits per heavy atom. The number of hydrogen-bond acceptors (Lipinski definition) is 2. The predicted octanol–water partition coefficient (Wildman–Crippen LogP) is 4.70. The Morgan fingerprint density at radius 3 is 2.65 bits per heavy atom. The third kappa shape index (κ3) is 4.02. The van der Waals surface area contributed by atoms with Crippen molar-refractivity contribution in [1.29, 1.82) is 0 Å². The molecule has 2 nitrogen and oxygen atoms in total. The van der Waals surface area contributed by atoms with E-state index in [2.05, 4.69) is 56.4 Å². The van der Waals surface area contributed by atoms with Crippen molar-refractivity contribution in [2.24, 2.45) is 0 Å². The summed E-state index contributed by atoms with van der Waals surface area (Å²) in [6.45, 7) is 8.00. The second-order valence-corrected chi connectivity index (χ2v) is 5.16.